The van der Waals surface area contributed by atoms with Crippen LogP contribution < -0.4 is 10.6 Å². The van der Waals surface area contributed by atoms with Gasteiger partial charge in [0.05, 0.1) is 5.52 Å². The number of benzene rings is 1. The Morgan fingerprint density at radius 3 is 2.48 bits per heavy atom. The molecular formula is C18H27N3. The second-order valence-corrected chi connectivity index (χ2v) is 5.42. The number of aryl methyl sites for hydroxylation is 2. The molecule has 0 amide bonds. The van der Waals surface area contributed by atoms with Crippen LogP contribution in [0.25, 0.3) is 10.9 Å². The average molecular weight is 285 g/mol. The van der Waals surface area contributed by atoms with Crippen LogP contribution in [-0.2, 0) is 12.8 Å². The van der Waals surface area contributed by atoms with E-state index in [0.29, 0.717) is 0 Å². The van der Waals surface area contributed by atoms with Crippen LogP contribution in [0.15, 0.2) is 24.3 Å². The van der Waals surface area contributed by atoms with Gasteiger partial charge in [-0.25, -0.2) is 4.98 Å². The summed E-state index contributed by atoms with van der Waals surface area (Å²) in [6.07, 6.45) is 3.07. The quantitative estimate of drug-likeness (QED) is 0.846. The van der Waals surface area contributed by atoms with Gasteiger partial charge in [0.2, 0.25) is 0 Å². The predicted octanol–water partition coefficient (Wildman–Crippen LogP) is 3.53. The molecule has 3 heteroatoms. The molecule has 0 bridgehead atoms. The smallest absolute Gasteiger partial charge is 0.132 e. The molecule has 0 aliphatic rings. The third-order valence-electron chi connectivity index (χ3n) is 4.06. The molecule has 0 aliphatic carbocycles. The Morgan fingerprint density at radius 2 is 1.86 bits per heavy atom. The molecule has 1 aromatic heterocycles. The zero-order valence-electron chi connectivity index (χ0n) is 13.5. The maximum atomic E-state index is 5.69. The fourth-order valence-electron chi connectivity index (χ4n) is 2.75. The standard InChI is InChI=1S/C18H27N3/c1-4-14-9-10-17-16(12-14)13-15(8-7-11-19)18(20-17)21(5-2)6-3/h9-10,12-13H,4-8,11,19H2,1-3H3. The van der Waals surface area contributed by atoms with E-state index < -0.39 is 0 Å². The summed E-state index contributed by atoms with van der Waals surface area (Å²) in [6, 6.07) is 8.90. The molecule has 2 N–H and O–H groups in total. The van der Waals surface area contributed by atoms with E-state index in [1.54, 1.807) is 0 Å². The van der Waals surface area contributed by atoms with Gasteiger partial charge in [0.1, 0.15) is 5.82 Å². The molecule has 0 saturated carbocycles. The van der Waals surface area contributed by atoms with Gasteiger partial charge in [-0.2, -0.15) is 0 Å². The molecule has 2 rings (SSSR count). The van der Waals surface area contributed by atoms with Crippen LogP contribution in [0.5, 0.6) is 0 Å². The molecule has 114 valence electrons. The lowest BCUT2D eigenvalue weighted by molar-refractivity contribution is 0.800. The topological polar surface area (TPSA) is 42.2 Å². The van der Waals surface area contributed by atoms with Crippen LogP contribution in [-0.4, -0.2) is 24.6 Å². The monoisotopic (exact) mass is 285 g/mol. The van der Waals surface area contributed by atoms with Crippen molar-refractivity contribution < 1.29 is 0 Å². The lowest BCUT2D eigenvalue weighted by Gasteiger charge is -2.23. The highest BCUT2D eigenvalue weighted by molar-refractivity contribution is 5.82. The molecule has 0 unspecified atom stereocenters. The highest BCUT2D eigenvalue weighted by Gasteiger charge is 2.12. The van der Waals surface area contributed by atoms with Crippen LogP contribution in [0.3, 0.4) is 0 Å². The number of fused-ring (bicyclic) bond motifs is 1. The minimum absolute atomic E-state index is 0.727. The first-order chi connectivity index (χ1) is 10.2. The fraction of sp³-hybridized carbons (Fsp3) is 0.500. The second kappa shape index (κ2) is 7.41. The highest BCUT2D eigenvalue weighted by Crippen LogP contribution is 2.25. The molecule has 3 nitrogen and oxygen atoms in total. The summed E-state index contributed by atoms with van der Waals surface area (Å²) in [7, 11) is 0. The van der Waals surface area contributed by atoms with Gasteiger partial charge in [0.25, 0.3) is 0 Å². The van der Waals surface area contributed by atoms with E-state index in [2.05, 4.69) is 49.9 Å². The van der Waals surface area contributed by atoms with Crippen LogP contribution in [0.2, 0.25) is 0 Å². The summed E-state index contributed by atoms with van der Waals surface area (Å²) < 4.78 is 0. The zero-order valence-corrected chi connectivity index (χ0v) is 13.5. The Hall–Kier alpha value is -1.61. The van der Waals surface area contributed by atoms with Crippen LogP contribution in [0.4, 0.5) is 5.82 Å². The number of hydrogen-bond acceptors (Lipinski definition) is 3. The molecule has 0 saturated heterocycles. The maximum absolute atomic E-state index is 5.69. The van der Waals surface area contributed by atoms with E-state index in [4.69, 9.17) is 10.7 Å². The van der Waals surface area contributed by atoms with Crippen molar-refractivity contribution in [1.82, 2.24) is 4.98 Å². The van der Waals surface area contributed by atoms with Crippen LogP contribution in [0, 0.1) is 0 Å². The van der Waals surface area contributed by atoms with Gasteiger partial charge in [-0.05, 0) is 69.0 Å². The van der Waals surface area contributed by atoms with Crippen LogP contribution >= 0.6 is 0 Å². The minimum Gasteiger partial charge on any atom is -0.357 e. The predicted molar refractivity (Wildman–Crippen MR) is 92.1 cm³/mol. The van der Waals surface area contributed by atoms with Gasteiger partial charge in [0, 0.05) is 18.5 Å². The molecule has 2 aromatic rings. The number of hydrogen-bond donors (Lipinski definition) is 1. The van der Waals surface area contributed by atoms with Gasteiger partial charge in [-0.15, -0.1) is 0 Å². The highest BCUT2D eigenvalue weighted by atomic mass is 15.2. The van der Waals surface area contributed by atoms with E-state index in [1.807, 2.05) is 0 Å². The van der Waals surface area contributed by atoms with Crippen LogP contribution in [0.1, 0.15) is 38.3 Å². The largest absolute Gasteiger partial charge is 0.357 e. The third-order valence-corrected chi connectivity index (χ3v) is 4.06. The molecular weight excluding hydrogens is 258 g/mol. The van der Waals surface area contributed by atoms with E-state index in [0.717, 1.165) is 50.2 Å². The van der Waals surface area contributed by atoms with Crippen molar-refractivity contribution in [1.29, 1.82) is 0 Å². The first-order valence-corrected chi connectivity index (χ1v) is 8.11. The summed E-state index contributed by atoms with van der Waals surface area (Å²) in [5.74, 6) is 1.13. The fourth-order valence-corrected chi connectivity index (χ4v) is 2.75. The normalized spacial score (nSPS) is 11.0. The maximum Gasteiger partial charge on any atom is 0.132 e. The van der Waals surface area contributed by atoms with Gasteiger partial charge >= 0.3 is 0 Å². The minimum atomic E-state index is 0.727. The Labute approximate surface area is 128 Å². The van der Waals surface area contributed by atoms with E-state index in [1.165, 1.54) is 16.5 Å². The Morgan fingerprint density at radius 1 is 1.10 bits per heavy atom. The SMILES string of the molecule is CCc1ccc2nc(N(CC)CC)c(CCCN)cc2c1. The lowest BCUT2D eigenvalue weighted by Crippen LogP contribution is -2.24. The van der Waals surface area contributed by atoms with Crippen molar-refractivity contribution in [3.8, 4) is 0 Å². The van der Waals surface area contributed by atoms with Crippen molar-refractivity contribution in [2.24, 2.45) is 5.73 Å². The molecule has 21 heavy (non-hydrogen) atoms. The molecule has 1 aromatic carbocycles. The molecule has 1 heterocycles. The average Bonchev–Trinajstić information content (AvgIpc) is 2.53. The Bertz CT molecular complexity index is 588. The van der Waals surface area contributed by atoms with Crippen molar-refractivity contribution in [3.63, 3.8) is 0 Å². The zero-order chi connectivity index (χ0) is 15.2. The van der Waals surface area contributed by atoms with Crippen molar-refractivity contribution in [3.05, 3.63) is 35.4 Å². The second-order valence-electron chi connectivity index (χ2n) is 5.42. The van der Waals surface area contributed by atoms with Crippen molar-refractivity contribution >= 4 is 16.7 Å². The molecule has 0 aliphatic heterocycles. The number of pyridine rings is 1. The number of nitrogens with two attached hydrogens (primary N) is 1. The number of aromatic nitrogens is 1. The van der Waals surface area contributed by atoms with Gasteiger partial charge < -0.3 is 10.6 Å². The number of nitrogens with zero attached hydrogens (tertiary/aromatic N) is 2. The summed E-state index contributed by atoms with van der Waals surface area (Å²) in [6.45, 7) is 9.25. The summed E-state index contributed by atoms with van der Waals surface area (Å²) >= 11 is 0. The van der Waals surface area contributed by atoms with Gasteiger partial charge in [-0.3, -0.25) is 0 Å². The Kier molecular flexibility index (Phi) is 5.57. The molecule has 0 fully saturated rings. The van der Waals surface area contributed by atoms with E-state index in [9.17, 15) is 0 Å². The summed E-state index contributed by atoms with van der Waals surface area (Å²) in [5.41, 5.74) is 9.47. The lowest BCUT2D eigenvalue weighted by atomic mass is 10.0. The van der Waals surface area contributed by atoms with Crippen molar-refractivity contribution in [2.45, 2.75) is 40.0 Å². The van der Waals surface area contributed by atoms with Gasteiger partial charge in [-0.1, -0.05) is 13.0 Å². The molecule has 0 spiro atoms. The first-order valence-electron chi connectivity index (χ1n) is 8.11. The van der Waals surface area contributed by atoms with Gasteiger partial charge in [0.15, 0.2) is 0 Å². The first kappa shape index (κ1) is 15.8. The summed E-state index contributed by atoms with van der Waals surface area (Å²) in [4.78, 5) is 7.26. The molecule has 0 atom stereocenters. The Balaban J connectivity index is 2.53. The number of anilines is 1. The third kappa shape index (κ3) is 3.53. The van der Waals surface area contributed by atoms with E-state index in [-0.39, 0.29) is 0 Å². The summed E-state index contributed by atoms with van der Waals surface area (Å²) in [5, 5.41) is 1.25. The molecule has 0 radical (unpaired) electrons. The number of rotatable bonds is 7. The van der Waals surface area contributed by atoms with Crippen molar-refractivity contribution in [2.75, 3.05) is 24.5 Å². The van der Waals surface area contributed by atoms with E-state index >= 15 is 0 Å².